The van der Waals surface area contributed by atoms with Crippen molar-refractivity contribution < 1.29 is 14.6 Å². The van der Waals surface area contributed by atoms with Crippen LogP contribution >= 0.6 is 11.6 Å². The maximum atomic E-state index is 12.3. The first kappa shape index (κ1) is 14.2. The fraction of sp³-hybridized carbons (Fsp3) is 0.133. The highest BCUT2D eigenvalue weighted by Crippen LogP contribution is 2.25. The Bertz CT molecular complexity index is 626. The summed E-state index contributed by atoms with van der Waals surface area (Å²) in [4.78, 5) is 13.8. The fourth-order valence-electron chi connectivity index (χ4n) is 1.78. The summed E-state index contributed by atoms with van der Waals surface area (Å²) in [6, 6.07) is 11.4. The maximum absolute atomic E-state index is 12.3. The number of nitrogens with zero attached hydrogens (tertiary/aromatic N) is 1. The van der Waals surface area contributed by atoms with E-state index in [1.165, 1.54) is 23.1 Å². The van der Waals surface area contributed by atoms with Gasteiger partial charge in [-0.15, -0.1) is 0 Å². The molecular formula is C15H14ClNO3. The van der Waals surface area contributed by atoms with Crippen LogP contribution in [0.3, 0.4) is 0 Å². The molecular weight excluding hydrogens is 278 g/mol. The van der Waals surface area contributed by atoms with Crippen molar-refractivity contribution in [3.05, 3.63) is 53.1 Å². The van der Waals surface area contributed by atoms with E-state index in [1.807, 2.05) is 0 Å². The first-order valence-electron chi connectivity index (χ1n) is 5.93. The standard InChI is InChI=1S/C15H14ClNO3/c1-17(11-4-6-12(20-2)7-5-11)15(19)13-9-10(16)3-8-14(13)18/h3-9,18H,1-2H3. The summed E-state index contributed by atoms with van der Waals surface area (Å²) in [5, 5.41) is 10.2. The van der Waals surface area contributed by atoms with Gasteiger partial charge in [0, 0.05) is 17.8 Å². The van der Waals surface area contributed by atoms with Gasteiger partial charge in [-0.25, -0.2) is 0 Å². The van der Waals surface area contributed by atoms with Crippen LogP contribution in [-0.4, -0.2) is 25.2 Å². The minimum Gasteiger partial charge on any atom is -0.507 e. The van der Waals surface area contributed by atoms with Gasteiger partial charge in [-0.05, 0) is 42.5 Å². The lowest BCUT2D eigenvalue weighted by Crippen LogP contribution is -2.26. The van der Waals surface area contributed by atoms with Crippen molar-refractivity contribution in [1.29, 1.82) is 0 Å². The molecule has 0 aromatic heterocycles. The summed E-state index contributed by atoms with van der Waals surface area (Å²) in [6.45, 7) is 0. The number of amides is 1. The molecule has 1 N–H and O–H groups in total. The highest BCUT2D eigenvalue weighted by atomic mass is 35.5. The molecule has 0 saturated carbocycles. The Balaban J connectivity index is 2.29. The van der Waals surface area contributed by atoms with E-state index in [-0.39, 0.29) is 17.2 Å². The van der Waals surface area contributed by atoms with E-state index in [1.54, 1.807) is 38.4 Å². The molecule has 0 atom stereocenters. The topological polar surface area (TPSA) is 49.8 Å². The third-order valence-electron chi connectivity index (χ3n) is 2.95. The van der Waals surface area contributed by atoms with E-state index in [0.29, 0.717) is 16.5 Å². The Labute approximate surface area is 122 Å². The Morgan fingerprint density at radius 2 is 1.85 bits per heavy atom. The SMILES string of the molecule is COc1ccc(N(C)C(=O)c2cc(Cl)ccc2O)cc1. The Morgan fingerprint density at radius 1 is 1.20 bits per heavy atom. The van der Waals surface area contributed by atoms with Crippen LogP contribution < -0.4 is 9.64 Å². The van der Waals surface area contributed by atoms with Crippen molar-refractivity contribution >= 4 is 23.2 Å². The van der Waals surface area contributed by atoms with Crippen LogP contribution in [0, 0.1) is 0 Å². The van der Waals surface area contributed by atoms with Gasteiger partial charge in [0.25, 0.3) is 5.91 Å². The van der Waals surface area contributed by atoms with E-state index in [0.717, 1.165) is 0 Å². The van der Waals surface area contributed by atoms with Crippen molar-refractivity contribution in [2.45, 2.75) is 0 Å². The fourth-order valence-corrected chi connectivity index (χ4v) is 1.96. The molecule has 2 aromatic carbocycles. The van der Waals surface area contributed by atoms with Gasteiger partial charge in [-0.1, -0.05) is 11.6 Å². The number of halogens is 1. The molecule has 0 spiro atoms. The monoisotopic (exact) mass is 291 g/mol. The lowest BCUT2D eigenvalue weighted by molar-refractivity contribution is 0.0990. The molecule has 2 rings (SSSR count). The van der Waals surface area contributed by atoms with E-state index < -0.39 is 0 Å². The molecule has 0 bridgehead atoms. The molecule has 0 fully saturated rings. The molecule has 20 heavy (non-hydrogen) atoms. The van der Waals surface area contributed by atoms with Crippen LogP contribution in [0.15, 0.2) is 42.5 Å². The highest BCUT2D eigenvalue weighted by Gasteiger charge is 2.17. The van der Waals surface area contributed by atoms with Crippen LogP contribution in [-0.2, 0) is 0 Å². The molecule has 104 valence electrons. The first-order chi connectivity index (χ1) is 9.52. The third kappa shape index (κ3) is 2.86. The van der Waals surface area contributed by atoms with E-state index >= 15 is 0 Å². The number of ether oxygens (including phenoxy) is 1. The zero-order valence-corrected chi connectivity index (χ0v) is 11.9. The summed E-state index contributed by atoms with van der Waals surface area (Å²) in [6.07, 6.45) is 0. The van der Waals surface area contributed by atoms with Gasteiger partial charge in [0.15, 0.2) is 0 Å². The third-order valence-corrected chi connectivity index (χ3v) is 3.19. The first-order valence-corrected chi connectivity index (χ1v) is 6.31. The Kier molecular flexibility index (Phi) is 4.15. The van der Waals surface area contributed by atoms with Crippen LogP contribution in [0.25, 0.3) is 0 Å². The Hall–Kier alpha value is -2.20. The molecule has 0 heterocycles. The van der Waals surface area contributed by atoms with Gasteiger partial charge in [-0.3, -0.25) is 4.79 Å². The number of carbonyl (C=O) groups is 1. The van der Waals surface area contributed by atoms with Crippen LogP contribution in [0.1, 0.15) is 10.4 Å². The lowest BCUT2D eigenvalue weighted by Gasteiger charge is -2.18. The number of anilines is 1. The number of phenolic OH excluding ortho intramolecular Hbond substituents is 1. The molecule has 1 amide bonds. The predicted molar refractivity (Wildman–Crippen MR) is 78.8 cm³/mol. The lowest BCUT2D eigenvalue weighted by atomic mass is 10.1. The second-order valence-corrected chi connectivity index (χ2v) is 4.66. The normalized spacial score (nSPS) is 10.2. The summed E-state index contributed by atoms with van der Waals surface area (Å²) in [5.74, 6) is 0.273. The molecule has 0 aliphatic rings. The molecule has 0 radical (unpaired) electrons. The van der Waals surface area contributed by atoms with Gasteiger partial charge in [0.2, 0.25) is 0 Å². The molecule has 0 aliphatic heterocycles. The molecule has 0 saturated heterocycles. The van der Waals surface area contributed by atoms with Gasteiger partial charge < -0.3 is 14.7 Å². The zero-order valence-electron chi connectivity index (χ0n) is 11.1. The van der Waals surface area contributed by atoms with Crippen molar-refractivity contribution in [2.75, 3.05) is 19.1 Å². The van der Waals surface area contributed by atoms with E-state index in [4.69, 9.17) is 16.3 Å². The van der Waals surface area contributed by atoms with Crippen molar-refractivity contribution in [1.82, 2.24) is 0 Å². The number of rotatable bonds is 3. The van der Waals surface area contributed by atoms with Crippen molar-refractivity contribution in [3.63, 3.8) is 0 Å². The number of aromatic hydroxyl groups is 1. The maximum Gasteiger partial charge on any atom is 0.261 e. The molecule has 0 aliphatic carbocycles. The van der Waals surface area contributed by atoms with Gasteiger partial charge in [0.1, 0.15) is 11.5 Å². The summed E-state index contributed by atoms with van der Waals surface area (Å²) >= 11 is 5.85. The number of phenols is 1. The minimum absolute atomic E-state index is 0.0974. The zero-order chi connectivity index (χ0) is 14.7. The van der Waals surface area contributed by atoms with Crippen LogP contribution in [0.4, 0.5) is 5.69 Å². The van der Waals surface area contributed by atoms with Crippen molar-refractivity contribution in [3.8, 4) is 11.5 Å². The van der Waals surface area contributed by atoms with E-state index in [9.17, 15) is 9.90 Å². The average Bonchev–Trinajstić information content (AvgIpc) is 2.48. The quantitative estimate of drug-likeness (QED) is 0.943. The van der Waals surface area contributed by atoms with Gasteiger partial charge in [-0.2, -0.15) is 0 Å². The number of methoxy groups -OCH3 is 1. The van der Waals surface area contributed by atoms with Crippen molar-refractivity contribution in [2.24, 2.45) is 0 Å². The van der Waals surface area contributed by atoms with E-state index in [2.05, 4.69) is 0 Å². The minimum atomic E-state index is -0.338. The largest absolute Gasteiger partial charge is 0.507 e. The summed E-state index contributed by atoms with van der Waals surface area (Å²) < 4.78 is 5.07. The molecule has 4 nitrogen and oxygen atoms in total. The molecule has 0 unspecified atom stereocenters. The second kappa shape index (κ2) is 5.84. The second-order valence-electron chi connectivity index (χ2n) is 4.22. The number of hydrogen-bond acceptors (Lipinski definition) is 3. The average molecular weight is 292 g/mol. The number of carbonyl (C=O) groups excluding carboxylic acids is 1. The van der Waals surface area contributed by atoms with Gasteiger partial charge in [0.05, 0.1) is 12.7 Å². The molecule has 2 aromatic rings. The Morgan fingerprint density at radius 3 is 2.45 bits per heavy atom. The molecule has 5 heteroatoms. The highest BCUT2D eigenvalue weighted by molar-refractivity contribution is 6.31. The van der Waals surface area contributed by atoms with Crippen LogP contribution in [0.5, 0.6) is 11.5 Å². The van der Waals surface area contributed by atoms with Gasteiger partial charge >= 0.3 is 0 Å². The summed E-state index contributed by atoms with van der Waals surface area (Å²) in [7, 11) is 3.21. The predicted octanol–water partition coefficient (Wildman–Crippen LogP) is 3.33. The van der Waals surface area contributed by atoms with Crippen LogP contribution in [0.2, 0.25) is 5.02 Å². The smallest absolute Gasteiger partial charge is 0.261 e. The number of benzene rings is 2. The summed E-state index contributed by atoms with van der Waals surface area (Å²) in [5.41, 5.74) is 0.853. The number of hydrogen-bond donors (Lipinski definition) is 1.